The third-order valence-electron chi connectivity index (χ3n) is 5.07. The molecule has 32 heavy (non-hydrogen) atoms. The monoisotopic (exact) mass is 462 g/mol. The molecule has 0 saturated heterocycles. The van der Waals surface area contributed by atoms with Crippen molar-refractivity contribution < 1.29 is 36.6 Å². The number of hydrogen-bond donors (Lipinski definition) is 0. The summed E-state index contributed by atoms with van der Waals surface area (Å²) in [5.41, 5.74) is -1.89. The Bertz CT molecular complexity index is 689. The topological polar surface area (TPSA) is 52.6 Å². The first-order valence-corrected chi connectivity index (χ1v) is 11.4. The molecule has 182 valence electrons. The van der Waals surface area contributed by atoms with E-state index in [0.29, 0.717) is 6.61 Å². The molecule has 0 aliphatic rings. The van der Waals surface area contributed by atoms with E-state index in [1.165, 1.54) is 38.5 Å². The molecule has 1 rings (SSSR count). The van der Waals surface area contributed by atoms with Crippen LogP contribution in [0.4, 0.5) is 17.6 Å². The van der Waals surface area contributed by atoms with Crippen LogP contribution in [-0.4, -0.2) is 18.5 Å². The van der Waals surface area contributed by atoms with Crippen molar-refractivity contribution in [2.24, 2.45) is 0 Å². The van der Waals surface area contributed by atoms with Crippen molar-refractivity contribution in [3.63, 3.8) is 0 Å². The average molecular weight is 463 g/mol. The zero-order chi connectivity index (χ0) is 23.8. The van der Waals surface area contributed by atoms with Gasteiger partial charge in [-0.15, -0.1) is 0 Å². The number of benzene rings is 1. The molecule has 0 aliphatic carbocycles. The van der Waals surface area contributed by atoms with E-state index < -0.39 is 41.7 Å². The maximum Gasteiger partial charge on any atom is 0.416 e. The molecule has 0 radical (unpaired) electrons. The maximum absolute atomic E-state index is 13.7. The Balaban J connectivity index is 2.13. The van der Waals surface area contributed by atoms with Crippen LogP contribution in [0.1, 0.15) is 95.1 Å². The van der Waals surface area contributed by atoms with E-state index in [-0.39, 0.29) is 19.3 Å². The molecule has 0 saturated carbocycles. The molecule has 0 heterocycles. The van der Waals surface area contributed by atoms with E-state index in [4.69, 9.17) is 9.47 Å². The van der Waals surface area contributed by atoms with Gasteiger partial charge >= 0.3 is 18.1 Å². The van der Waals surface area contributed by atoms with Crippen molar-refractivity contribution >= 4 is 11.9 Å². The smallest absolute Gasteiger partial charge is 0.416 e. The number of halogens is 4. The van der Waals surface area contributed by atoms with Crippen molar-refractivity contribution in [3.05, 3.63) is 35.1 Å². The summed E-state index contributed by atoms with van der Waals surface area (Å²) in [6.07, 6.45) is 5.70. The molecule has 0 unspecified atom stereocenters. The molecule has 1 aromatic carbocycles. The fourth-order valence-corrected chi connectivity index (χ4v) is 3.24. The fourth-order valence-electron chi connectivity index (χ4n) is 3.24. The lowest BCUT2D eigenvalue weighted by molar-refractivity contribution is -0.148. The van der Waals surface area contributed by atoms with Gasteiger partial charge in [0.2, 0.25) is 0 Å². The Morgan fingerprint density at radius 1 is 0.812 bits per heavy atom. The molecule has 0 spiro atoms. The Labute approximate surface area is 187 Å². The summed E-state index contributed by atoms with van der Waals surface area (Å²) in [6, 6.07) is 2.56. The first-order chi connectivity index (χ1) is 15.3. The first kappa shape index (κ1) is 27.9. The number of rotatable bonds is 16. The van der Waals surface area contributed by atoms with E-state index in [2.05, 4.69) is 6.92 Å². The van der Waals surface area contributed by atoms with Gasteiger partial charge in [0.25, 0.3) is 0 Å². The number of hydrogen-bond acceptors (Lipinski definition) is 4. The lowest BCUT2D eigenvalue weighted by Crippen LogP contribution is -2.14. The molecule has 0 amide bonds. The van der Waals surface area contributed by atoms with Crippen LogP contribution < -0.4 is 0 Å². The molecule has 0 aliphatic heterocycles. The van der Waals surface area contributed by atoms with Gasteiger partial charge < -0.3 is 9.47 Å². The molecule has 0 bridgehead atoms. The van der Waals surface area contributed by atoms with E-state index in [0.717, 1.165) is 37.5 Å². The van der Waals surface area contributed by atoms with Gasteiger partial charge in [0, 0.05) is 18.4 Å². The van der Waals surface area contributed by atoms with Crippen LogP contribution in [0.25, 0.3) is 0 Å². The quantitative estimate of drug-likeness (QED) is 0.149. The average Bonchev–Trinajstić information content (AvgIpc) is 2.73. The highest BCUT2D eigenvalue weighted by atomic mass is 19.4. The second kappa shape index (κ2) is 15.6. The molecule has 8 heteroatoms. The van der Waals surface area contributed by atoms with E-state index in [1.807, 2.05) is 0 Å². The van der Waals surface area contributed by atoms with E-state index in [1.54, 1.807) is 0 Å². The highest BCUT2D eigenvalue weighted by Crippen LogP contribution is 2.33. The molecular weight excluding hydrogens is 428 g/mol. The van der Waals surface area contributed by atoms with Gasteiger partial charge in [0.05, 0.1) is 12.2 Å². The summed E-state index contributed by atoms with van der Waals surface area (Å²) in [7, 11) is 0. The molecular formula is C24H34F4O4. The van der Waals surface area contributed by atoms with Crippen LogP contribution in [-0.2, 0) is 31.8 Å². The molecule has 0 aromatic heterocycles. The zero-order valence-corrected chi connectivity index (χ0v) is 18.8. The standard InChI is InChI=1S/C24H34F4O4/c1-2-3-4-5-6-7-8-9-10-17-31-22(29)15-12-16-23(30)32-18-19-20(24(26,27)28)13-11-14-21(19)25/h11,13-14H,2-10,12,15-18H2,1H3. The highest BCUT2D eigenvalue weighted by molar-refractivity contribution is 5.72. The second-order valence-corrected chi connectivity index (χ2v) is 7.83. The Morgan fingerprint density at radius 2 is 1.38 bits per heavy atom. The molecule has 0 atom stereocenters. The third-order valence-corrected chi connectivity index (χ3v) is 5.07. The number of ether oxygens (including phenoxy) is 2. The van der Waals surface area contributed by atoms with E-state index >= 15 is 0 Å². The highest BCUT2D eigenvalue weighted by Gasteiger charge is 2.34. The van der Waals surface area contributed by atoms with Gasteiger partial charge in [0.15, 0.2) is 0 Å². The Kier molecular flexibility index (Phi) is 13.6. The maximum atomic E-state index is 13.7. The fraction of sp³-hybridized carbons (Fsp3) is 0.667. The zero-order valence-electron chi connectivity index (χ0n) is 18.8. The summed E-state index contributed by atoms with van der Waals surface area (Å²) >= 11 is 0. The number of carbonyl (C=O) groups is 2. The van der Waals surface area contributed by atoms with Crippen LogP contribution in [0.2, 0.25) is 0 Å². The SMILES string of the molecule is CCCCCCCCCCCOC(=O)CCCC(=O)OCc1c(F)cccc1C(F)(F)F. The van der Waals surface area contributed by atoms with Gasteiger partial charge in [-0.2, -0.15) is 13.2 Å². The Hall–Kier alpha value is -2.12. The van der Waals surface area contributed by atoms with Crippen molar-refractivity contribution in [1.82, 2.24) is 0 Å². The summed E-state index contributed by atoms with van der Waals surface area (Å²) in [5, 5.41) is 0. The van der Waals surface area contributed by atoms with Crippen LogP contribution in [0.3, 0.4) is 0 Å². The first-order valence-electron chi connectivity index (χ1n) is 11.4. The molecule has 0 N–H and O–H groups in total. The minimum absolute atomic E-state index is 0.0139. The van der Waals surface area contributed by atoms with Gasteiger partial charge in [-0.1, -0.05) is 64.4 Å². The minimum Gasteiger partial charge on any atom is -0.466 e. The molecule has 4 nitrogen and oxygen atoms in total. The summed E-state index contributed by atoms with van der Waals surface area (Å²) in [5.74, 6) is -2.31. The summed E-state index contributed by atoms with van der Waals surface area (Å²) in [6.45, 7) is 1.72. The van der Waals surface area contributed by atoms with Gasteiger partial charge in [-0.3, -0.25) is 9.59 Å². The van der Waals surface area contributed by atoms with E-state index in [9.17, 15) is 27.2 Å². The number of esters is 2. The minimum atomic E-state index is -4.75. The molecule has 0 fully saturated rings. The van der Waals surface area contributed by atoms with Crippen molar-refractivity contribution in [2.45, 2.75) is 96.8 Å². The second-order valence-electron chi connectivity index (χ2n) is 7.83. The summed E-state index contributed by atoms with van der Waals surface area (Å²) in [4.78, 5) is 23.4. The lowest BCUT2D eigenvalue weighted by Gasteiger charge is -2.13. The van der Waals surface area contributed by atoms with Gasteiger partial charge in [-0.05, 0) is 25.0 Å². The number of unbranched alkanes of at least 4 members (excludes halogenated alkanes) is 8. The van der Waals surface area contributed by atoms with Gasteiger partial charge in [-0.25, -0.2) is 4.39 Å². The molecule has 1 aromatic rings. The van der Waals surface area contributed by atoms with Gasteiger partial charge in [0.1, 0.15) is 12.4 Å². The summed E-state index contributed by atoms with van der Waals surface area (Å²) < 4.78 is 62.4. The largest absolute Gasteiger partial charge is 0.466 e. The van der Waals surface area contributed by atoms with Crippen molar-refractivity contribution in [3.8, 4) is 0 Å². The number of alkyl halides is 3. The lowest BCUT2D eigenvalue weighted by atomic mass is 10.1. The van der Waals surface area contributed by atoms with Crippen LogP contribution in [0, 0.1) is 5.82 Å². The van der Waals surface area contributed by atoms with Crippen molar-refractivity contribution in [2.75, 3.05) is 6.61 Å². The predicted octanol–water partition coefficient (Wildman–Crippen LogP) is 7.13. The van der Waals surface area contributed by atoms with Crippen molar-refractivity contribution in [1.29, 1.82) is 0 Å². The normalized spacial score (nSPS) is 11.4. The van der Waals surface area contributed by atoms with Crippen LogP contribution in [0.15, 0.2) is 18.2 Å². The predicted molar refractivity (Wildman–Crippen MR) is 113 cm³/mol. The van der Waals surface area contributed by atoms with Crippen LogP contribution in [0.5, 0.6) is 0 Å². The Morgan fingerprint density at radius 3 is 1.97 bits per heavy atom. The van der Waals surface area contributed by atoms with Crippen LogP contribution >= 0.6 is 0 Å². The number of carbonyl (C=O) groups excluding carboxylic acids is 2. The third kappa shape index (κ3) is 12.1.